The largest absolute Gasteiger partial charge is 0.481 e. The molecule has 1 aromatic heterocycles. The Balaban J connectivity index is 1.89. The lowest BCUT2D eigenvalue weighted by Gasteiger charge is -2.14. The Morgan fingerprint density at radius 3 is 2.72 bits per heavy atom. The Bertz CT molecular complexity index is 764. The topological polar surface area (TPSA) is 90.4 Å². The van der Waals surface area contributed by atoms with Crippen molar-refractivity contribution in [2.75, 3.05) is 18.2 Å². The van der Waals surface area contributed by atoms with E-state index >= 15 is 0 Å². The molecule has 0 radical (unpaired) electrons. The van der Waals surface area contributed by atoms with Crippen LogP contribution in [-0.4, -0.2) is 41.0 Å². The molecule has 25 heavy (non-hydrogen) atoms. The summed E-state index contributed by atoms with van der Waals surface area (Å²) in [6.07, 6.45) is -0.683. The molecule has 0 saturated carbocycles. The second-order valence-corrected chi connectivity index (χ2v) is 7.43. The number of thioether (sulfide) groups is 1. The zero-order valence-electron chi connectivity index (χ0n) is 14.4. The summed E-state index contributed by atoms with van der Waals surface area (Å²) in [7, 11) is 1.32. The summed E-state index contributed by atoms with van der Waals surface area (Å²) in [5, 5.41) is 10.8. The minimum absolute atomic E-state index is 0.144. The van der Waals surface area contributed by atoms with Gasteiger partial charge in [0.1, 0.15) is 5.75 Å². The normalized spacial score (nSPS) is 11.7. The van der Waals surface area contributed by atoms with E-state index in [1.807, 2.05) is 32.0 Å². The van der Waals surface area contributed by atoms with E-state index in [-0.39, 0.29) is 17.6 Å². The number of anilines is 1. The summed E-state index contributed by atoms with van der Waals surface area (Å²) in [6.45, 7) is 5.67. The Hall–Kier alpha value is -2.13. The van der Waals surface area contributed by atoms with E-state index in [4.69, 9.17) is 4.74 Å². The van der Waals surface area contributed by atoms with Crippen LogP contribution in [0.3, 0.4) is 0 Å². The molecule has 7 nitrogen and oxygen atoms in total. The number of nitrogens with zero attached hydrogens (tertiary/aromatic N) is 2. The predicted octanol–water partition coefficient (Wildman–Crippen LogP) is 2.83. The van der Waals surface area contributed by atoms with Crippen LogP contribution in [0.4, 0.5) is 5.13 Å². The van der Waals surface area contributed by atoms with Crippen LogP contribution in [0, 0.1) is 13.8 Å². The van der Waals surface area contributed by atoms with E-state index in [2.05, 4.69) is 20.3 Å². The molecule has 0 saturated heterocycles. The van der Waals surface area contributed by atoms with Crippen molar-refractivity contribution in [2.24, 2.45) is 0 Å². The molecule has 1 N–H and O–H groups in total. The zero-order valence-corrected chi connectivity index (χ0v) is 16.0. The third-order valence-electron chi connectivity index (χ3n) is 3.34. The molecule has 2 aromatic rings. The van der Waals surface area contributed by atoms with Gasteiger partial charge in [-0.1, -0.05) is 29.2 Å². The van der Waals surface area contributed by atoms with Gasteiger partial charge in [0.05, 0.1) is 12.9 Å². The average Bonchev–Trinajstić information content (AvgIpc) is 3.03. The van der Waals surface area contributed by atoms with Gasteiger partial charge in [0, 0.05) is 0 Å². The molecule has 0 aliphatic carbocycles. The van der Waals surface area contributed by atoms with Gasteiger partial charge in [-0.25, -0.2) is 0 Å². The van der Waals surface area contributed by atoms with Gasteiger partial charge in [0.25, 0.3) is 5.91 Å². The van der Waals surface area contributed by atoms with Gasteiger partial charge in [-0.15, -0.1) is 10.2 Å². The molecule has 0 unspecified atom stereocenters. The van der Waals surface area contributed by atoms with Gasteiger partial charge < -0.3 is 9.47 Å². The number of hydrogen-bond donors (Lipinski definition) is 1. The lowest BCUT2D eigenvalue weighted by Crippen LogP contribution is -2.30. The summed E-state index contributed by atoms with van der Waals surface area (Å²) >= 11 is 2.39. The number of benzene rings is 1. The van der Waals surface area contributed by atoms with Gasteiger partial charge in [-0.2, -0.15) is 0 Å². The molecule has 1 heterocycles. The number of hydrogen-bond acceptors (Lipinski definition) is 8. The molecule has 0 aliphatic rings. The monoisotopic (exact) mass is 381 g/mol. The summed E-state index contributed by atoms with van der Waals surface area (Å²) in [4.78, 5) is 23.3. The average molecular weight is 381 g/mol. The van der Waals surface area contributed by atoms with Crippen LogP contribution in [0.25, 0.3) is 0 Å². The Labute approximate surface area is 154 Å². The van der Waals surface area contributed by atoms with Crippen LogP contribution in [-0.2, 0) is 14.3 Å². The molecule has 0 fully saturated rings. The van der Waals surface area contributed by atoms with Crippen LogP contribution >= 0.6 is 23.1 Å². The van der Waals surface area contributed by atoms with Crippen LogP contribution in [0.1, 0.15) is 18.1 Å². The lowest BCUT2D eigenvalue weighted by molar-refractivity contribution is -0.137. The number of carbonyl (C=O) groups is 2. The molecule has 1 atom stereocenters. The van der Waals surface area contributed by atoms with Gasteiger partial charge in [-0.3, -0.25) is 14.9 Å². The molecule has 1 aromatic carbocycles. The van der Waals surface area contributed by atoms with Gasteiger partial charge in [0.2, 0.25) is 5.13 Å². The highest BCUT2D eigenvalue weighted by Gasteiger charge is 2.17. The summed E-state index contributed by atoms with van der Waals surface area (Å²) in [5.74, 6) is 0.114. The van der Waals surface area contributed by atoms with Crippen LogP contribution in [0.5, 0.6) is 5.75 Å². The van der Waals surface area contributed by atoms with Crippen molar-refractivity contribution >= 4 is 40.1 Å². The summed E-state index contributed by atoms with van der Waals surface area (Å²) < 4.78 is 10.8. The van der Waals surface area contributed by atoms with E-state index in [0.717, 1.165) is 11.1 Å². The van der Waals surface area contributed by atoms with Crippen LogP contribution in [0.2, 0.25) is 0 Å². The Kier molecular flexibility index (Phi) is 6.77. The second kappa shape index (κ2) is 8.82. The number of ether oxygens (including phenoxy) is 2. The van der Waals surface area contributed by atoms with Crippen molar-refractivity contribution in [3.63, 3.8) is 0 Å². The first-order valence-corrected chi connectivity index (χ1v) is 9.27. The van der Waals surface area contributed by atoms with Crippen LogP contribution < -0.4 is 10.1 Å². The number of carbonyl (C=O) groups excluding carboxylic acids is 2. The predicted molar refractivity (Wildman–Crippen MR) is 97.3 cm³/mol. The fourth-order valence-electron chi connectivity index (χ4n) is 1.75. The maximum Gasteiger partial charge on any atom is 0.316 e. The number of nitrogens with one attached hydrogen (secondary N) is 1. The lowest BCUT2D eigenvalue weighted by atomic mass is 10.1. The number of amides is 1. The Morgan fingerprint density at radius 1 is 1.28 bits per heavy atom. The molecular formula is C16H19N3O4S2. The maximum atomic E-state index is 12.2. The smallest absolute Gasteiger partial charge is 0.316 e. The molecule has 9 heteroatoms. The molecule has 2 rings (SSSR count). The summed E-state index contributed by atoms with van der Waals surface area (Å²) in [5.41, 5.74) is 2.26. The van der Waals surface area contributed by atoms with Crippen LogP contribution in [0.15, 0.2) is 22.5 Å². The molecular weight excluding hydrogens is 362 g/mol. The number of methoxy groups -OCH3 is 1. The van der Waals surface area contributed by atoms with E-state index in [1.165, 1.54) is 30.2 Å². The van der Waals surface area contributed by atoms with Gasteiger partial charge in [0.15, 0.2) is 10.4 Å². The molecule has 1 amide bonds. The van der Waals surface area contributed by atoms with Gasteiger partial charge in [-0.05, 0) is 44.0 Å². The standard InChI is InChI=1S/C16H19N3O4S2/c1-9-5-6-12(7-10(9)2)23-11(3)14(21)17-15-18-19-16(25-15)24-8-13(20)22-4/h5-7,11H,8H2,1-4H3,(H,17,18,21)/t11-/m0/s1. The highest BCUT2D eigenvalue weighted by Crippen LogP contribution is 2.25. The van der Waals surface area contributed by atoms with E-state index in [9.17, 15) is 9.59 Å². The Morgan fingerprint density at radius 2 is 2.04 bits per heavy atom. The van der Waals surface area contributed by atoms with Crippen molar-refractivity contribution in [3.8, 4) is 5.75 Å². The highest BCUT2D eigenvalue weighted by molar-refractivity contribution is 8.01. The fourth-order valence-corrected chi connectivity index (χ4v) is 3.34. The molecule has 134 valence electrons. The zero-order chi connectivity index (χ0) is 18.4. The van der Waals surface area contributed by atoms with Crippen molar-refractivity contribution in [3.05, 3.63) is 29.3 Å². The maximum absolute atomic E-state index is 12.2. The second-order valence-electron chi connectivity index (χ2n) is 5.23. The number of aromatic nitrogens is 2. The number of aryl methyl sites for hydroxylation is 2. The molecule has 0 aliphatic heterocycles. The highest BCUT2D eigenvalue weighted by atomic mass is 32.2. The SMILES string of the molecule is COC(=O)CSc1nnc(NC(=O)[C@H](C)Oc2ccc(C)c(C)c2)s1. The molecule has 0 spiro atoms. The van der Waals surface area contributed by atoms with Crippen molar-refractivity contribution in [1.82, 2.24) is 10.2 Å². The molecule has 0 bridgehead atoms. The van der Waals surface area contributed by atoms with E-state index < -0.39 is 6.10 Å². The number of rotatable bonds is 7. The first-order valence-electron chi connectivity index (χ1n) is 7.47. The van der Waals surface area contributed by atoms with Crippen molar-refractivity contribution in [1.29, 1.82) is 0 Å². The van der Waals surface area contributed by atoms with E-state index in [1.54, 1.807) is 6.92 Å². The first-order chi connectivity index (χ1) is 11.9. The third kappa shape index (κ3) is 5.71. The number of esters is 1. The van der Waals surface area contributed by atoms with Crippen molar-refractivity contribution < 1.29 is 19.1 Å². The third-order valence-corrected chi connectivity index (χ3v) is 5.28. The fraction of sp³-hybridized carbons (Fsp3) is 0.375. The van der Waals surface area contributed by atoms with Gasteiger partial charge >= 0.3 is 5.97 Å². The first kappa shape index (κ1) is 19.2. The minimum atomic E-state index is -0.683. The summed E-state index contributed by atoms with van der Waals surface area (Å²) in [6, 6.07) is 5.68. The van der Waals surface area contributed by atoms with E-state index in [0.29, 0.717) is 15.2 Å². The van der Waals surface area contributed by atoms with Crippen molar-refractivity contribution in [2.45, 2.75) is 31.2 Å². The quantitative estimate of drug-likeness (QED) is 0.448. The minimum Gasteiger partial charge on any atom is -0.481 e.